The van der Waals surface area contributed by atoms with Crippen LogP contribution in [0.25, 0.3) is 0 Å². The van der Waals surface area contributed by atoms with Crippen molar-refractivity contribution in [3.8, 4) is 0 Å². The van der Waals surface area contributed by atoms with E-state index >= 15 is 0 Å². The van der Waals surface area contributed by atoms with Gasteiger partial charge >= 0.3 is 11.9 Å². The molecule has 1 atom stereocenters. The number of esters is 2. The maximum Gasteiger partial charge on any atom is 0.307 e. The van der Waals surface area contributed by atoms with Crippen molar-refractivity contribution >= 4 is 11.9 Å². The van der Waals surface area contributed by atoms with Crippen molar-refractivity contribution in [1.29, 1.82) is 0 Å². The van der Waals surface area contributed by atoms with Gasteiger partial charge in [0.1, 0.15) is 0 Å². The molecule has 4 nitrogen and oxygen atoms in total. The first-order valence-corrected chi connectivity index (χ1v) is 5.89. The average Bonchev–Trinajstić information content (AvgIpc) is 2.29. The number of unbranched alkanes of at least 4 members (excludes halogenated alkanes) is 1. The summed E-state index contributed by atoms with van der Waals surface area (Å²) in [5.74, 6) is -0.506. The van der Waals surface area contributed by atoms with Gasteiger partial charge in [-0.2, -0.15) is 0 Å². The Balaban J connectivity index is -0.0000000207. The van der Waals surface area contributed by atoms with Crippen molar-refractivity contribution in [3.63, 3.8) is 0 Å². The van der Waals surface area contributed by atoms with E-state index < -0.39 is 0 Å². The Bertz CT molecular complexity index is 226. The minimum Gasteiger partial charge on any atom is -0.463 e. The summed E-state index contributed by atoms with van der Waals surface area (Å²) in [7, 11) is 0. The van der Waals surface area contributed by atoms with Gasteiger partial charge < -0.3 is 9.47 Å². The van der Waals surface area contributed by atoms with Crippen LogP contribution < -0.4 is 0 Å². The van der Waals surface area contributed by atoms with Crippen molar-refractivity contribution in [2.24, 2.45) is 0 Å². The number of rotatable bonds is 5. The fourth-order valence-electron chi connectivity index (χ4n) is 0.951. The molecule has 0 aliphatic carbocycles. The summed E-state index contributed by atoms with van der Waals surface area (Å²) in [6.07, 6.45) is 4.47. The highest BCUT2D eigenvalue weighted by Gasteiger charge is 2.02. The van der Waals surface area contributed by atoms with Gasteiger partial charge in [-0.1, -0.05) is 70.9 Å². The van der Waals surface area contributed by atoms with Crippen LogP contribution in [-0.2, 0) is 19.1 Å². The molecule has 0 N–H and O–H groups in total. The third-order valence-electron chi connectivity index (χ3n) is 1.58. The second kappa shape index (κ2) is 49.6. The lowest BCUT2D eigenvalue weighted by Crippen LogP contribution is -2.11. The summed E-state index contributed by atoms with van der Waals surface area (Å²) in [5, 5.41) is 0. The Labute approximate surface area is 155 Å². The zero-order valence-electron chi connectivity index (χ0n) is 12.0. The van der Waals surface area contributed by atoms with Gasteiger partial charge in [0.2, 0.25) is 0 Å². The molecular formula is C20H50O4. The third kappa shape index (κ3) is 86.8. The van der Waals surface area contributed by atoms with E-state index in [1.165, 1.54) is 13.8 Å². The summed E-state index contributed by atoms with van der Waals surface area (Å²) < 4.78 is 9.08. The lowest BCUT2D eigenvalue weighted by atomic mass is 10.2. The van der Waals surface area contributed by atoms with Gasteiger partial charge in [-0.05, 0) is 13.3 Å². The van der Waals surface area contributed by atoms with Crippen LogP contribution in [-0.4, -0.2) is 18.0 Å². The molecule has 0 heterocycles. The predicted molar refractivity (Wildman–Crippen MR) is 114 cm³/mol. The molecule has 1 unspecified atom stereocenters. The summed E-state index contributed by atoms with van der Waals surface area (Å²) >= 11 is 0. The van der Waals surface area contributed by atoms with Crippen LogP contribution in [0.2, 0.25) is 0 Å². The minimum atomic E-state index is -0.329. The lowest BCUT2D eigenvalue weighted by molar-refractivity contribution is -0.145. The Morgan fingerprint density at radius 3 is 1.50 bits per heavy atom. The minimum absolute atomic E-state index is 0. The van der Waals surface area contributed by atoms with E-state index in [1.54, 1.807) is 0 Å². The van der Waals surface area contributed by atoms with Crippen LogP contribution in [0.3, 0.4) is 0 Å². The summed E-state index contributed by atoms with van der Waals surface area (Å²) in [6.45, 7) is 16.0. The van der Waals surface area contributed by atoms with Gasteiger partial charge in [-0.15, -0.1) is 13.2 Å². The molecule has 4 heteroatoms. The molecule has 0 aromatic rings. The third-order valence-corrected chi connectivity index (χ3v) is 1.58. The first kappa shape index (κ1) is 57.1. The second-order valence-corrected chi connectivity index (χ2v) is 3.34. The normalized spacial score (nSPS) is 7.17. The molecule has 0 fully saturated rings. The van der Waals surface area contributed by atoms with Crippen LogP contribution in [0.4, 0.5) is 0 Å². The number of ether oxygens (including phenoxy) is 2. The van der Waals surface area contributed by atoms with Gasteiger partial charge in [-0.25, -0.2) is 0 Å². The Kier molecular flexibility index (Phi) is 118. The number of hydrogen-bond acceptors (Lipinski definition) is 4. The van der Waals surface area contributed by atoms with Crippen molar-refractivity contribution in [2.75, 3.05) is 0 Å². The maximum absolute atomic E-state index is 10.4. The molecule has 0 bridgehead atoms. The first-order valence-electron chi connectivity index (χ1n) is 5.89. The van der Waals surface area contributed by atoms with Crippen LogP contribution in [0.15, 0.2) is 26.0 Å². The topological polar surface area (TPSA) is 52.6 Å². The molecule has 0 saturated heterocycles. The number of carbonyl (C=O) groups is 2. The van der Waals surface area contributed by atoms with E-state index in [2.05, 4.69) is 31.4 Å². The summed E-state index contributed by atoms with van der Waals surface area (Å²) in [6, 6.07) is 0. The Hall–Kier alpha value is -1.58. The fraction of sp³-hybridized carbons (Fsp3) is 0.700. The molecule has 0 aromatic heterocycles. The van der Waals surface area contributed by atoms with Crippen LogP contribution in [0.1, 0.15) is 91.5 Å². The molecule has 24 heavy (non-hydrogen) atoms. The highest BCUT2D eigenvalue weighted by atomic mass is 16.5. The zero-order valence-corrected chi connectivity index (χ0v) is 12.0. The van der Waals surface area contributed by atoms with Crippen LogP contribution in [0, 0.1) is 0 Å². The van der Waals surface area contributed by atoms with Gasteiger partial charge in [0.05, 0.1) is 12.4 Å². The van der Waals surface area contributed by atoms with E-state index in [9.17, 15) is 9.59 Å². The van der Waals surface area contributed by atoms with Crippen molar-refractivity contribution < 1.29 is 19.1 Å². The highest BCUT2D eigenvalue weighted by Crippen LogP contribution is 2.03. The molecular weight excluding hydrogens is 304 g/mol. The summed E-state index contributed by atoms with van der Waals surface area (Å²) in [4.78, 5) is 20.1. The SMILES string of the molecule is C.C.C.C.C.C.C=C.C=COC(C)=O.CCCCC(C)OC(C)=O. The monoisotopic (exact) mass is 354 g/mol. The quantitative estimate of drug-likeness (QED) is 0.292. The molecule has 0 amide bonds. The molecule has 0 saturated carbocycles. The zero-order chi connectivity index (χ0) is 15.0. The van der Waals surface area contributed by atoms with E-state index in [4.69, 9.17) is 4.74 Å². The van der Waals surface area contributed by atoms with E-state index in [0.717, 1.165) is 25.5 Å². The van der Waals surface area contributed by atoms with Gasteiger partial charge in [0.25, 0.3) is 0 Å². The number of hydrogen-bond donors (Lipinski definition) is 0. The first-order chi connectivity index (χ1) is 8.43. The van der Waals surface area contributed by atoms with Gasteiger partial charge in [0.15, 0.2) is 0 Å². The molecule has 154 valence electrons. The van der Waals surface area contributed by atoms with Crippen molar-refractivity contribution in [3.05, 3.63) is 26.0 Å². The van der Waals surface area contributed by atoms with Crippen molar-refractivity contribution in [1.82, 2.24) is 0 Å². The fourth-order valence-corrected chi connectivity index (χ4v) is 0.951. The summed E-state index contributed by atoms with van der Waals surface area (Å²) in [5.41, 5.74) is 0. The maximum atomic E-state index is 10.4. The largest absolute Gasteiger partial charge is 0.463 e. The molecule has 0 aromatic carbocycles. The molecule has 0 aliphatic rings. The second-order valence-electron chi connectivity index (χ2n) is 3.34. The van der Waals surface area contributed by atoms with E-state index in [-0.39, 0.29) is 62.6 Å². The number of carbonyl (C=O) groups excluding carboxylic acids is 2. The lowest BCUT2D eigenvalue weighted by Gasteiger charge is -2.09. The predicted octanol–water partition coefficient (Wildman–Crippen LogP) is 7.44. The van der Waals surface area contributed by atoms with E-state index in [1.807, 2.05) is 6.92 Å². The molecule has 0 rings (SSSR count). The average molecular weight is 355 g/mol. The Morgan fingerprint density at radius 1 is 0.958 bits per heavy atom. The van der Waals surface area contributed by atoms with Crippen LogP contribution in [0.5, 0.6) is 0 Å². The van der Waals surface area contributed by atoms with Crippen molar-refractivity contribution in [2.45, 2.75) is 97.6 Å². The molecule has 0 radical (unpaired) electrons. The highest BCUT2D eigenvalue weighted by molar-refractivity contribution is 5.66. The Morgan fingerprint density at radius 2 is 1.33 bits per heavy atom. The smallest absolute Gasteiger partial charge is 0.307 e. The van der Waals surface area contributed by atoms with Crippen LogP contribution >= 0.6 is 0 Å². The van der Waals surface area contributed by atoms with Gasteiger partial charge in [-0.3, -0.25) is 9.59 Å². The molecule has 0 spiro atoms. The van der Waals surface area contributed by atoms with E-state index in [0.29, 0.717) is 0 Å². The van der Waals surface area contributed by atoms with Gasteiger partial charge in [0, 0.05) is 13.8 Å². The standard InChI is InChI=1S/C8H16O2.C4H6O2.C2H4.6CH4/c1-4-5-6-7(2)10-8(3)9;1-3-6-4(2)5;1-2;;;;;;/h7H,4-6H2,1-3H3;3H,1H2,2H3;1-2H2;6*1H4. The molecule has 0 aliphatic heterocycles.